The zero-order valence-electron chi connectivity index (χ0n) is 15.2. The highest BCUT2D eigenvalue weighted by Gasteiger charge is 2.44. The molecule has 0 atom stereocenters. The van der Waals surface area contributed by atoms with Gasteiger partial charge in [-0.2, -0.15) is 0 Å². The Kier molecular flexibility index (Phi) is 4.20. The molecule has 0 radical (unpaired) electrons. The number of nitrogens with one attached hydrogen (secondary N) is 3. The lowest BCUT2D eigenvalue weighted by molar-refractivity contribution is 0.0912. The highest BCUT2D eigenvalue weighted by atomic mass is 32.1. The van der Waals surface area contributed by atoms with E-state index in [1.807, 2.05) is 18.2 Å². The summed E-state index contributed by atoms with van der Waals surface area (Å²) in [6.45, 7) is 0. The van der Waals surface area contributed by atoms with Crippen molar-refractivity contribution in [3.05, 3.63) is 53.4 Å². The zero-order valence-corrected chi connectivity index (χ0v) is 16.1. The summed E-state index contributed by atoms with van der Waals surface area (Å²) in [7, 11) is 0. The monoisotopic (exact) mass is 392 g/mol. The lowest BCUT2D eigenvalue weighted by Gasteiger charge is -2.33. The van der Waals surface area contributed by atoms with Crippen LogP contribution in [0.3, 0.4) is 0 Å². The third-order valence-corrected chi connectivity index (χ3v) is 6.42. The molecule has 0 saturated heterocycles. The number of carbonyl (C=O) groups is 1. The van der Waals surface area contributed by atoms with Crippen molar-refractivity contribution >= 4 is 39.6 Å². The van der Waals surface area contributed by atoms with Crippen LogP contribution in [0.2, 0.25) is 0 Å². The first-order valence-corrected chi connectivity index (χ1v) is 10.3. The molecule has 0 aromatic carbocycles. The minimum atomic E-state index is -0.167. The Morgan fingerprint density at radius 3 is 2.68 bits per heavy atom. The molecule has 2 aliphatic rings. The number of pyridine rings is 1. The molecule has 3 aromatic rings. The van der Waals surface area contributed by atoms with E-state index in [-0.39, 0.29) is 11.4 Å². The van der Waals surface area contributed by atoms with Crippen LogP contribution >= 0.6 is 11.3 Å². The summed E-state index contributed by atoms with van der Waals surface area (Å²) in [5.41, 5.74) is 1.84. The molecule has 1 amide bonds. The van der Waals surface area contributed by atoms with Crippen LogP contribution in [0.15, 0.2) is 43.0 Å². The molecule has 3 aromatic heterocycles. The van der Waals surface area contributed by atoms with Gasteiger partial charge in [-0.3, -0.25) is 9.78 Å². The van der Waals surface area contributed by atoms with Crippen molar-refractivity contribution < 1.29 is 4.79 Å². The highest BCUT2D eigenvalue weighted by molar-refractivity contribution is 7.18. The van der Waals surface area contributed by atoms with Crippen LogP contribution in [-0.4, -0.2) is 20.9 Å². The Labute approximate surface area is 166 Å². The summed E-state index contributed by atoms with van der Waals surface area (Å²) >= 11 is 1.49. The van der Waals surface area contributed by atoms with Crippen LogP contribution in [-0.2, 0) is 5.54 Å². The second kappa shape index (κ2) is 6.87. The van der Waals surface area contributed by atoms with E-state index in [1.54, 1.807) is 12.4 Å². The number of aromatic nitrogens is 3. The molecule has 1 fully saturated rings. The SMILES string of the molecule is O=C1NC2(CCCCC2)c2cc(Nc3cc(Nc4cccnc4)ncn3)sc21. The van der Waals surface area contributed by atoms with Gasteiger partial charge in [0.05, 0.1) is 27.3 Å². The maximum atomic E-state index is 12.5. The van der Waals surface area contributed by atoms with Gasteiger partial charge in [-0.25, -0.2) is 9.97 Å². The average molecular weight is 392 g/mol. The van der Waals surface area contributed by atoms with E-state index in [0.717, 1.165) is 46.8 Å². The minimum Gasteiger partial charge on any atom is -0.342 e. The predicted molar refractivity (Wildman–Crippen MR) is 109 cm³/mol. The molecule has 1 saturated carbocycles. The molecular weight excluding hydrogens is 372 g/mol. The van der Waals surface area contributed by atoms with E-state index >= 15 is 0 Å². The van der Waals surface area contributed by atoms with E-state index in [1.165, 1.54) is 24.1 Å². The summed E-state index contributed by atoms with van der Waals surface area (Å²) in [4.78, 5) is 26.0. The van der Waals surface area contributed by atoms with Crippen molar-refractivity contribution in [1.29, 1.82) is 0 Å². The number of hydrogen-bond donors (Lipinski definition) is 3. The Morgan fingerprint density at radius 1 is 1.07 bits per heavy atom. The fourth-order valence-electron chi connectivity index (χ4n) is 4.07. The van der Waals surface area contributed by atoms with Gasteiger partial charge in [0.1, 0.15) is 18.0 Å². The number of thiophene rings is 1. The maximum Gasteiger partial charge on any atom is 0.262 e. The van der Waals surface area contributed by atoms with Crippen molar-refractivity contribution in [1.82, 2.24) is 20.3 Å². The van der Waals surface area contributed by atoms with Gasteiger partial charge in [0, 0.05) is 17.8 Å². The molecule has 1 spiro atoms. The first-order valence-electron chi connectivity index (χ1n) is 9.45. The molecule has 5 rings (SSSR count). The third kappa shape index (κ3) is 3.09. The van der Waals surface area contributed by atoms with Crippen LogP contribution in [0.5, 0.6) is 0 Å². The Hall–Kier alpha value is -3.00. The molecule has 1 aliphatic carbocycles. The number of carbonyl (C=O) groups excluding carboxylic acids is 1. The van der Waals surface area contributed by atoms with Gasteiger partial charge >= 0.3 is 0 Å². The van der Waals surface area contributed by atoms with E-state index < -0.39 is 0 Å². The van der Waals surface area contributed by atoms with Crippen molar-refractivity contribution in [2.45, 2.75) is 37.6 Å². The summed E-state index contributed by atoms with van der Waals surface area (Å²) in [5.74, 6) is 1.41. The molecule has 8 heteroatoms. The number of fused-ring (bicyclic) bond motifs is 2. The fourth-order valence-corrected chi connectivity index (χ4v) is 5.13. The molecule has 0 unspecified atom stereocenters. The van der Waals surface area contributed by atoms with Gasteiger partial charge in [0.15, 0.2) is 0 Å². The van der Waals surface area contributed by atoms with Gasteiger partial charge in [-0.05, 0) is 31.0 Å². The summed E-state index contributed by atoms with van der Waals surface area (Å²) < 4.78 is 0. The molecule has 3 N–H and O–H groups in total. The van der Waals surface area contributed by atoms with Gasteiger partial charge in [-0.1, -0.05) is 19.3 Å². The average Bonchev–Trinajstić information content (AvgIpc) is 3.23. The number of nitrogens with zero attached hydrogens (tertiary/aromatic N) is 3. The predicted octanol–water partition coefficient (Wildman–Crippen LogP) is 4.32. The second-order valence-electron chi connectivity index (χ2n) is 7.23. The van der Waals surface area contributed by atoms with Gasteiger partial charge in [0.2, 0.25) is 0 Å². The van der Waals surface area contributed by atoms with E-state index in [2.05, 4.69) is 37.0 Å². The first kappa shape index (κ1) is 17.1. The molecule has 4 heterocycles. The van der Waals surface area contributed by atoms with Crippen LogP contribution in [0.25, 0.3) is 0 Å². The number of anilines is 4. The first-order chi connectivity index (χ1) is 13.7. The van der Waals surface area contributed by atoms with Crippen LogP contribution in [0.1, 0.15) is 47.3 Å². The van der Waals surface area contributed by atoms with Crippen LogP contribution in [0.4, 0.5) is 22.3 Å². The zero-order chi connectivity index (χ0) is 19.0. The normalized spacial score (nSPS) is 17.2. The minimum absolute atomic E-state index is 0.0524. The highest BCUT2D eigenvalue weighted by Crippen LogP contribution is 2.47. The van der Waals surface area contributed by atoms with Crippen LogP contribution < -0.4 is 16.0 Å². The van der Waals surface area contributed by atoms with Gasteiger partial charge in [0.25, 0.3) is 5.91 Å². The van der Waals surface area contributed by atoms with Crippen molar-refractivity contribution in [3.63, 3.8) is 0 Å². The lowest BCUT2D eigenvalue weighted by atomic mass is 9.78. The summed E-state index contributed by atoms with van der Waals surface area (Å²) in [5, 5.41) is 10.7. The maximum absolute atomic E-state index is 12.5. The summed E-state index contributed by atoms with van der Waals surface area (Å²) in [6, 6.07) is 7.74. The van der Waals surface area contributed by atoms with Crippen molar-refractivity contribution in [2.24, 2.45) is 0 Å². The van der Waals surface area contributed by atoms with E-state index in [0.29, 0.717) is 11.6 Å². The number of rotatable bonds is 4. The molecule has 0 bridgehead atoms. The van der Waals surface area contributed by atoms with Gasteiger partial charge < -0.3 is 16.0 Å². The Bertz CT molecular complexity index is 1010. The van der Waals surface area contributed by atoms with Crippen molar-refractivity contribution in [2.75, 3.05) is 10.6 Å². The lowest BCUT2D eigenvalue weighted by Crippen LogP contribution is -2.40. The quantitative estimate of drug-likeness (QED) is 0.612. The topological polar surface area (TPSA) is 91.8 Å². The number of hydrogen-bond acceptors (Lipinski definition) is 7. The molecule has 28 heavy (non-hydrogen) atoms. The van der Waals surface area contributed by atoms with Crippen LogP contribution in [0, 0.1) is 0 Å². The standard InChI is InChI=1S/C20H20N6OS/c27-19-18-14(20(26-19)6-2-1-3-7-20)9-17(28-18)25-16-10-15(22-12-23-16)24-13-5-4-8-21-11-13/h4-5,8-12H,1-3,6-7H2,(H,26,27)(H2,22,23,24,25). The third-order valence-electron chi connectivity index (χ3n) is 5.37. The second-order valence-corrected chi connectivity index (χ2v) is 8.28. The smallest absolute Gasteiger partial charge is 0.262 e. The summed E-state index contributed by atoms with van der Waals surface area (Å²) in [6.07, 6.45) is 10.6. The molecule has 7 nitrogen and oxygen atoms in total. The van der Waals surface area contributed by atoms with E-state index in [9.17, 15) is 4.79 Å². The number of amides is 1. The Balaban J connectivity index is 1.38. The fraction of sp³-hybridized carbons (Fsp3) is 0.300. The molecular formula is C20H20N6OS. The molecule has 1 aliphatic heterocycles. The Morgan fingerprint density at radius 2 is 1.89 bits per heavy atom. The van der Waals surface area contributed by atoms with Gasteiger partial charge in [-0.15, -0.1) is 11.3 Å². The van der Waals surface area contributed by atoms with E-state index in [4.69, 9.17) is 0 Å². The molecule has 142 valence electrons. The van der Waals surface area contributed by atoms with Crippen molar-refractivity contribution in [3.8, 4) is 0 Å². The largest absolute Gasteiger partial charge is 0.342 e.